The fourth-order valence-electron chi connectivity index (χ4n) is 3.55. The summed E-state index contributed by atoms with van der Waals surface area (Å²) in [6.07, 6.45) is 2.48. The molecule has 1 N–H and O–H groups in total. The lowest BCUT2D eigenvalue weighted by Gasteiger charge is -2.33. The van der Waals surface area contributed by atoms with Crippen LogP contribution in [-0.2, 0) is 4.74 Å². The molecule has 0 radical (unpaired) electrons. The van der Waals surface area contributed by atoms with Crippen LogP contribution in [0.15, 0.2) is 65.4 Å². The first-order chi connectivity index (χ1) is 13.7. The number of hydrogen-bond donors (Lipinski definition) is 1. The number of rotatable bonds is 5. The highest BCUT2D eigenvalue weighted by molar-refractivity contribution is 7.08. The van der Waals surface area contributed by atoms with Gasteiger partial charge in [-0.25, -0.2) is 0 Å². The summed E-state index contributed by atoms with van der Waals surface area (Å²) in [6, 6.07) is 17.9. The molecule has 0 aliphatic carbocycles. The summed E-state index contributed by atoms with van der Waals surface area (Å²) in [6.45, 7) is 2.00. The molecular weight excluding hydrogens is 368 g/mol. The second kappa shape index (κ2) is 8.59. The van der Waals surface area contributed by atoms with Crippen molar-refractivity contribution in [1.82, 2.24) is 0 Å². The monoisotopic (exact) mass is 392 g/mol. The first-order valence-electron chi connectivity index (χ1n) is 9.55. The molecule has 2 heterocycles. The van der Waals surface area contributed by atoms with E-state index >= 15 is 0 Å². The van der Waals surface area contributed by atoms with Crippen molar-refractivity contribution in [2.45, 2.75) is 18.9 Å². The standard InChI is InChI=1S/C23H24N2O2S/c1-27-22-10-13-25(14-11-22)21-8-6-20(7-9-21)24-23(26)18-4-2-17(3-5-18)19-12-15-28-16-19/h2-9,12,15-16,22H,10-11,13-14H2,1H3,(H,24,26). The van der Waals surface area contributed by atoms with E-state index in [-0.39, 0.29) is 5.91 Å². The van der Waals surface area contributed by atoms with Crippen LogP contribution in [0.3, 0.4) is 0 Å². The maximum atomic E-state index is 12.5. The molecule has 1 aliphatic heterocycles. The Morgan fingerprint density at radius 1 is 1.00 bits per heavy atom. The number of piperidine rings is 1. The minimum atomic E-state index is -0.0921. The van der Waals surface area contributed by atoms with Crippen LogP contribution in [0, 0.1) is 0 Å². The summed E-state index contributed by atoms with van der Waals surface area (Å²) < 4.78 is 5.43. The van der Waals surface area contributed by atoms with E-state index in [0.29, 0.717) is 11.7 Å². The predicted octanol–water partition coefficient (Wildman–Crippen LogP) is 5.28. The second-order valence-corrected chi connectivity index (χ2v) is 7.79. The number of benzene rings is 2. The molecule has 144 valence electrons. The fourth-order valence-corrected chi connectivity index (χ4v) is 4.22. The predicted molar refractivity (Wildman–Crippen MR) is 116 cm³/mol. The van der Waals surface area contributed by atoms with Gasteiger partial charge in [0.05, 0.1) is 6.10 Å². The van der Waals surface area contributed by atoms with Gasteiger partial charge in [-0.2, -0.15) is 11.3 Å². The third-order valence-electron chi connectivity index (χ3n) is 5.27. The van der Waals surface area contributed by atoms with Gasteiger partial charge in [0.1, 0.15) is 0 Å². The van der Waals surface area contributed by atoms with Gasteiger partial charge in [0.2, 0.25) is 0 Å². The Morgan fingerprint density at radius 3 is 2.32 bits per heavy atom. The fraction of sp³-hybridized carbons (Fsp3) is 0.261. The zero-order chi connectivity index (χ0) is 19.3. The second-order valence-electron chi connectivity index (χ2n) is 7.01. The molecule has 3 aromatic rings. The van der Waals surface area contributed by atoms with Crippen LogP contribution in [0.2, 0.25) is 0 Å². The maximum absolute atomic E-state index is 12.5. The first-order valence-corrected chi connectivity index (χ1v) is 10.5. The molecule has 0 unspecified atom stereocenters. The van der Waals surface area contributed by atoms with E-state index in [1.54, 1.807) is 18.4 Å². The van der Waals surface area contributed by atoms with E-state index < -0.39 is 0 Å². The van der Waals surface area contributed by atoms with Gasteiger partial charge < -0.3 is 15.0 Å². The molecule has 1 fully saturated rings. The largest absolute Gasteiger partial charge is 0.381 e. The quantitative estimate of drug-likeness (QED) is 0.642. The van der Waals surface area contributed by atoms with Crippen molar-refractivity contribution >= 4 is 28.6 Å². The number of ether oxygens (including phenoxy) is 1. The van der Waals surface area contributed by atoms with Crippen molar-refractivity contribution in [3.05, 3.63) is 70.9 Å². The Kier molecular flexibility index (Phi) is 5.74. The van der Waals surface area contributed by atoms with Gasteiger partial charge in [-0.3, -0.25) is 4.79 Å². The first kappa shape index (κ1) is 18.7. The third kappa shape index (κ3) is 4.26. The highest BCUT2D eigenvalue weighted by atomic mass is 32.1. The Hall–Kier alpha value is -2.63. The number of nitrogens with zero attached hydrogens (tertiary/aromatic N) is 1. The Balaban J connectivity index is 1.37. The van der Waals surface area contributed by atoms with Gasteiger partial charge in [0.25, 0.3) is 5.91 Å². The van der Waals surface area contributed by atoms with Crippen molar-refractivity contribution in [2.75, 3.05) is 30.4 Å². The molecular formula is C23H24N2O2S. The summed E-state index contributed by atoms with van der Waals surface area (Å²) in [7, 11) is 1.79. The molecule has 1 amide bonds. The summed E-state index contributed by atoms with van der Waals surface area (Å²) in [4.78, 5) is 14.9. The van der Waals surface area contributed by atoms with Gasteiger partial charge in [0, 0.05) is 37.1 Å². The van der Waals surface area contributed by atoms with E-state index in [4.69, 9.17) is 4.74 Å². The van der Waals surface area contributed by atoms with Crippen molar-refractivity contribution in [2.24, 2.45) is 0 Å². The molecule has 0 bridgehead atoms. The SMILES string of the molecule is COC1CCN(c2ccc(NC(=O)c3ccc(-c4ccsc4)cc3)cc2)CC1. The van der Waals surface area contributed by atoms with Crippen LogP contribution < -0.4 is 10.2 Å². The van der Waals surface area contributed by atoms with Crippen molar-refractivity contribution in [3.8, 4) is 11.1 Å². The van der Waals surface area contributed by atoms with Crippen molar-refractivity contribution in [1.29, 1.82) is 0 Å². The number of carbonyl (C=O) groups excluding carboxylic acids is 1. The van der Waals surface area contributed by atoms with Crippen LogP contribution in [0.25, 0.3) is 11.1 Å². The minimum Gasteiger partial charge on any atom is -0.381 e. The molecule has 5 heteroatoms. The molecule has 4 nitrogen and oxygen atoms in total. The zero-order valence-electron chi connectivity index (χ0n) is 15.9. The maximum Gasteiger partial charge on any atom is 0.255 e. The Bertz CT molecular complexity index is 897. The lowest BCUT2D eigenvalue weighted by Crippen LogP contribution is -2.36. The third-order valence-corrected chi connectivity index (χ3v) is 5.95. The van der Waals surface area contributed by atoms with E-state index in [0.717, 1.165) is 37.2 Å². The van der Waals surface area contributed by atoms with Crippen LogP contribution in [0.1, 0.15) is 23.2 Å². The van der Waals surface area contributed by atoms with E-state index in [1.165, 1.54) is 11.3 Å². The number of anilines is 2. The number of carbonyl (C=O) groups is 1. The van der Waals surface area contributed by atoms with Crippen LogP contribution >= 0.6 is 11.3 Å². The van der Waals surface area contributed by atoms with E-state index in [9.17, 15) is 4.79 Å². The summed E-state index contributed by atoms with van der Waals surface area (Å²) in [5.41, 5.74) is 4.96. The van der Waals surface area contributed by atoms with Crippen LogP contribution in [0.5, 0.6) is 0 Å². The van der Waals surface area contributed by atoms with Crippen LogP contribution in [-0.4, -0.2) is 32.2 Å². The number of amides is 1. The smallest absolute Gasteiger partial charge is 0.255 e. The molecule has 28 heavy (non-hydrogen) atoms. The average molecular weight is 393 g/mol. The van der Waals surface area contributed by atoms with Gasteiger partial charge in [-0.15, -0.1) is 0 Å². The number of thiophene rings is 1. The minimum absolute atomic E-state index is 0.0921. The normalized spacial score (nSPS) is 14.8. The van der Waals surface area contributed by atoms with E-state index in [2.05, 4.69) is 39.2 Å². The molecule has 4 rings (SSSR count). The van der Waals surface area contributed by atoms with Crippen LogP contribution in [0.4, 0.5) is 11.4 Å². The van der Waals surface area contributed by atoms with Gasteiger partial charge in [-0.1, -0.05) is 12.1 Å². The molecule has 1 aromatic heterocycles. The molecule has 0 saturated carbocycles. The Morgan fingerprint density at radius 2 is 1.71 bits per heavy atom. The molecule has 0 spiro atoms. The lowest BCUT2D eigenvalue weighted by atomic mass is 10.1. The average Bonchev–Trinajstić information content (AvgIpc) is 3.29. The Labute approximate surface area is 169 Å². The van der Waals surface area contributed by atoms with Crippen molar-refractivity contribution < 1.29 is 9.53 Å². The summed E-state index contributed by atoms with van der Waals surface area (Å²) in [5.74, 6) is -0.0921. The molecule has 2 aromatic carbocycles. The van der Waals surface area contributed by atoms with Gasteiger partial charge >= 0.3 is 0 Å². The van der Waals surface area contributed by atoms with Crippen molar-refractivity contribution in [3.63, 3.8) is 0 Å². The van der Waals surface area contributed by atoms with Gasteiger partial charge in [-0.05, 0) is 77.2 Å². The van der Waals surface area contributed by atoms with E-state index in [1.807, 2.05) is 36.4 Å². The molecule has 0 atom stereocenters. The molecule has 1 saturated heterocycles. The zero-order valence-corrected chi connectivity index (χ0v) is 16.7. The number of methoxy groups -OCH3 is 1. The highest BCUT2D eigenvalue weighted by Gasteiger charge is 2.18. The lowest BCUT2D eigenvalue weighted by molar-refractivity contribution is 0.0819. The summed E-state index contributed by atoms with van der Waals surface area (Å²) in [5, 5.41) is 7.14. The topological polar surface area (TPSA) is 41.6 Å². The number of nitrogens with one attached hydrogen (secondary N) is 1. The highest BCUT2D eigenvalue weighted by Crippen LogP contribution is 2.24. The summed E-state index contributed by atoms with van der Waals surface area (Å²) >= 11 is 1.67. The molecule has 1 aliphatic rings. The van der Waals surface area contributed by atoms with Gasteiger partial charge in [0.15, 0.2) is 0 Å². The number of hydrogen-bond acceptors (Lipinski definition) is 4.